The molecule has 1 heteroatoms. The largest absolute Gasteiger partial charge is 0.369 e. The zero-order chi connectivity index (χ0) is 7.84. The van der Waals surface area contributed by atoms with Gasteiger partial charge in [0.1, 0.15) is 0 Å². The van der Waals surface area contributed by atoms with E-state index in [0.29, 0.717) is 6.10 Å². The Hall–Kier alpha value is -0.560. The highest BCUT2D eigenvalue weighted by Crippen LogP contribution is 2.32. The van der Waals surface area contributed by atoms with E-state index in [9.17, 15) is 0 Å². The van der Waals surface area contributed by atoms with Crippen molar-refractivity contribution in [1.82, 2.24) is 0 Å². The molecular weight excluding hydrogens is 136 g/mol. The molecule has 1 unspecified atom stereocenters. The summed E-state index contributed by atoms with van der Waals surface area (Å²) in [6.45, 7) is 5.18. The van der Waals surface area contributed by atoms with Crippen LogP contribution in [-0.4, -0.2) is 12.7 Å². The van der Waals surface area contributed by atoms with Gasteiger partial charge in [0.15, 0.2) is 0 Å². The quantitative estimate of drug-likeness (QED) is 0.515. The summed E-state index contributed by atoms with van der Waals surface area (Å²) in [5.74, 6) is 0. The van der Waals surface area contributed by atoms with Crippen molar-refractivity contribution in [1.29, 1.82) is 0 Å². The first-order valence-electron chi connectivity index (χ1n) is 4.26. The van der Waals surface area contributed by atoms with Crippen LogP contribution >= 0.6 is 0 Å². The fraction of sp³-hybridized carbons (Fsp3) is 0.600. The summed E-state index contributed by atoms with van der Waals surface area (Å²) in [6, 6.07) is 0. The van der Waals surface area contributed by atoms with Crippen LogP contribution in [0.5, 0.6) is 0 Å². The maximum absolute atomic E-state index is 5.66. The summed E-state index contributed by atoms with van der Waals surface area (Å²) in [4.78, 5) is 0. The molecule has 0 N–H and O–H groups in total. The number of hydrogen-bond donors (Lipinski definition) is 0. The maximum atomic E-state index is 5.66. The zero-order valence-electron chi connectivity index (χ0n) is 7.18. The van der Waals surface area contributed by atoms with E-state index >= 15 is 0 Å². The van der Waals surface area contributed by atoms with Gasteiger partial charge in [0.2, 0.25) is 0 Å². The van der Waals surface area contributed by atoms with Gasteiger partial charge in [-0.3, -0.25) is 0 Å². The molecule has 1 heterocycles. The number of hydrogen-bond acceptors (Lipinski definition) is 1. The zero-order valence-corrected chi connectivity index (χ0v) is 7.18. The lowest BCUT2D eigenvalue weighted by Crippen LogP contribution is -2.17. The van der Waals surface area contributed by atoms with Gasteiger partial charge in [-0.05, 0) is 37.8 Å². The molecule has 2 aliphatic rings. The van der Waals surface area contributed by atoms with Crippen LogP contribution in [0.3, 0.4) is 0 Å². The van der Waals surface area contributed by atoms with E-state index in [4.69, 9.17) is 4.74 Å². The summed E-state index contributed by atoms with van der Waals surface area (Å²) in [5.41, 5.74) is 4.33. The summed E-state index contributed by atoms with van der Waals surface area (Å²) in [5, 5.41) is 0. The fourth-order valence-corrected chi connectivity index (χ4v) is 1.85. The Morgan fingerprint density at radius 2 is 2.27 bits per heavy atom. The lowest BCUT2D eigenvalue weighted by molar-refractivity contribution is 0.0918. The monoisotopic (exact) mass is 150 g/mol. The molecule has 0 spiro atoms. The molecule has 0 saturated carbocycles. The summed E-state index contributed by atoms with van der Waals surface area (Å²) in [6.07, 6.45) is 5.16. The molecule has 0 aromatic heterocycles. The van der Waals surface area contributed by atoms with Crippen molar-refractivity contribution in [2.45, 2.75) is 32.8 Å². The molecule has 11 heavy (non-hydrogen) atoms. The Kier molecular flexibility index (Phi) is 1.61. The standard InChI is InChI=1S/C10H14O/c1-7-5-9-8(2)3-4-10(9)11-6-7/h5,10H,3-4,6H2,1-2H3. The second kappa shape index (κ2) is 2.49. The smallest absolute Gasteiger partial charge is 0.0831 e. The molecule has 0 saturated heterocycles. The van der Waals surface area contributed by atoms with Crippen molar-refractivity contribution in [3.05, 3.63) is 22.8 Å². The van der Waals surface area contributed by atoms with E-state index in [1.807, 2.05) is 0 Å². The molecule has 0 aromatic carbocycles. The third-order valence-electron chi connectivity index (χ3n) is 2.54. The molecule has 0 radical (unpaired) electrons. The minimum Gasteiger partial charge on any atom is -0.369 e. The average molecular weight is 150 g/mol. The predicted octanol–water partition coefficient (Wildman–Crippen LogP) is 2.44. The molecule has 1 nitrogen and oxygen atoms in total. The number of fused-ring (bicyclic) bond motifs is 1. The van der Waals surface area contributed by atoms with E-state index in [2.05, 4.69) is 19.9 Å². The first kappa shape index (κ1) is 7.11. The van der Waals surface area contributed by atoms with Crippen molar-refractivity contribution < 1.29 is 4.74 Å². The number of ether oxygens (including phenoxy) is 1. The van der Waals surface area contributed by atoms with Crippen LogP contribution in [0.1, 0.15) is 26.7 Å². The van der Waals surface area contributed by atoms with Crippen molar-refractivity contribution in [2.75, 3.05) is 6.61 Å². The van der Waals surface area contributed by atoms with Crippen molar-refractivity contribution >= 4 is 0 Å². The van der Waals surface area contributed by atoms with E-state index in [1.165, 1.54) is 29.6 Å². The minimum absolute atomic E-state index is 0.429. The van der Waals surface area contributed by atoms with Crippen molar-refractivity contribution in [3.8, 4) is 0 Å². The third-order valence-corrected chi connectivity index (χ3v) is 2.54. The van der Waals surface area contributed by atoms with Gasteiger partial charge >= 0.3 is 0 Å². The molecule has 0 aromatic rings. The van der Waals surface area contributed by atoms with Crippen LogP contribution in [0.4, 0.5) is 0 Å². The summed E-state index contributed by atoms with van der Waals surface area (Å²) in [7, 11) is 0. The van der Waals surface area contributed by atoms with Crippen LogP contribution in [-0.2, 0) is 4.74 Å². The van der Waals surface area contributed by atoms with Gasteiger partial charge in [0.25, 0.3) is 0 Å². The first-order chi connectivity index (χ1) is 5.27. The molecule has 0 fully saturated rings. The highest BCUT2D eigenvalue weighted by atomic mass is 16.5. The molecule has 1 atom stereocenters. The maximum Gasteiger partial charge on any atom is 0.0831 e. The second-order valence-corrected chi connectivity index (χ2v) is 3.56. The van der Waals surface area contributed by atoms with E-state index in [-0.39, 0.29) is 0 Å². The Bertz CT molecular complexity index is 235. The minimum atomic E-state index is 0.429. The summed E-state index contributed by atoms with van der Waals surface area (Å²) < 4.78 is 5.66. The Morgan fingerprint density at radius 1 is 1.45 bits per heavy atom. The molecule has 0 bridgehead atoms. The van der Waals surface area contributed by atoms with Crippen LogP contribution in [0, 0.1) is 0 Å². The molecule has 1 aliphatic carbocycles. The molecular formula is C10H14O. The van der Waals surface area contributed by atoms with Crippen LogP contribution in [0.2, 0.25) is 0 Å². The average Bonchev–Trinajstić information content (AvgIpc) is 2.33. The van der Waals surface area contributed by atoms with E-state index < -0.39 is 0 Å². The third kappa shape index (κ3) is 1.14. The topological polar surface area (TPSA) is 9.23 Å². The van der Waals surface area contributed by atoms with Crippen LogP contribution in [0.15, 0.2) is 22.8 Å². The van der Waals surface area contributed by atoms with Crippen LogP contribution in [0.25, 0.3) is 0 Å². The van der Waals surface area contributed by atoms with Gasteiger partial charge in [0, 0.05) is 0 Å². The van der Waals surface area contributed by atoms with Crippen molar-refractivity contribution in [2.24, 2.45) is 0 Å². The van der Waals surface area contributed by atoms with Gasteiger partial charge in [0.05, 0.1) is 12.7 Å². The lowest BCUT2D eigenvalue weighted by Gasteiger charge is -2.20. The normalized spacial score (nSPS) is 30.4. The van der Waals surface area contributed by atoms with Gasteiger partial charge < -0.3 is 4.74 Å². The van der Waals surface area contributed by atoms with Gasteiger partial charge in [-0.1, -0.05) is 11.6 Å². The predicted molar refractivity (Wildman–Crippen MR) is 45.4 cm³/mol. The van der Waals surface area contributed by atoms with Crippen molar-refractivity contribution in [3.63, 3.8) is 0 Å². The molecule has 1 aliphatic heterocycles. The Balaban J connectivity index is 2.34. The van der Waals surface area contributed by atoms with Gasteiger partial charge in [-0.2, -0.15) is 0 Å². The Labute approximate surface area is 67.7 Å². The summed E-state index contributed by atoms with van der Waals surface area (Å²) >= 11 is 0. The van der Waals surface area contributed by atoms with E-state index in [0.717, 1.165) is 6.61 Å². The number of allylic oxidation sites excluding steroid dienone is 1. The van der Waals surface area contributed by atoms with Gasteiger partial charge in [-0.25, -0.2) is 0 Å². The van der Waals surface area contributed by atoms with Gasteiger partial charge in [-0.15, -0.1) is 0 Å². The van der Waals surface area contributed by atoms with E-state index in [1.54, 1.807) is 0 Å². The lowest BCUT2D eigenvalue weighted by atomic mass is 10.1. The SMILES string of the molecule is CC1=CC2=C(C)CCC2OC1. The van der Waals surface area contributed by atoms with Crippen LogP contribution < -0.4 is 0 Å². The number of rotatable bonds is 0. The highest BCUT2D eigenvalue weighted by molar-refractivity contribution is 5.36. The molecule has 2 rings (SSSR count). The molecule has 0 amide bonds. The second-order valence-electron chi connectivity index (χ2n) is 3.56. The highest BCUT2D eigenvalue weighted by Gasteiger charge is 2.24. The molecule has 60 valence electrons. The fourth-order valence-electron chi connectivity index (χ4n) is 1.85. The first-order valence-corrected chi connectivity index (χ1v) is 4.26. The Morgan fingerprint density at radius 3 is 3.09 bits per heavy atom.